The fraction of sp³-hybridized carbons (Fsp3) is 0.278. The number of nitrogens with zero attached hydrogens (tertiary/aromatic N) is 4. The van der Waals surface area contributed by atoms with E-state index in [0.29, 0.717) is 11.6 Å². The fourth-order valence-corrected chi connectivity index (χ4v) is 2.56. The molecule has 2 heterocycles. The molecule has 0 aliphatic rings. The van der Waals surface area contributed by atoms with Crippen LogP contribution in [0.2, 0.25) is 0 Å². The topological polar surface area (TPSA) is 111 Å². The number of furan rings is 1. The molecule has 0 saturated heterocycles. The highest BCUT2D eigenvalue weighted by molar-refractivity contribution is 7.71. The summed E-state index contributed by atoms with van der Waals surface area (Å²) in [6.45, 7) is 6.57. The number of benzene rings is 1. The van der Waals surface area contributed by atoms with Crippen LogP contribution in [0.4, 0.5) is 5.88 Å². The predicted molar refractivity (Wildman–Crippen MR) is 105 cm³/mol. The smallest absolute Gasteiger partial charge is 0.433 e. The standard InChI is InChI=1S/C18H19N5O4S/c1-18(2,3)12-4-6-13(7-5-12)26-11-15-20-21-17(28)22(15)19-10-14-8-9-16(27-14)23(24)25/h4-10H,11H2,1-3H3,(H,21,28)/b19-10-. The van der Waals surface area contributed by atoms with Gasteiger partial charge in [0.2, 0.25) is 4.77 Å². The number of aromatic amines is 1. The van der Waals surface area contributed by atoms with Gasteiger partial charge in [-0.1, -0.05) is 32.9 Å². The zero-order valence-corrected chi connectivity index (χ0v) is 16.4. The third-order valence-corrected chi connectivity index (χ3v) is 4.16. The summed E-state index contributed by atoms with van der Waals surface area (Å²) < 4.78 is 12.4. The van der Waals surface area contributed by atoms with Crippen molar-refractivity contribution in [2.75, 3.05) is 0 Å². The Labute approximate surface area is 165 Å². The average Bonchev–Trinajstić information content (AvgIpc) is 3.25. The molecular formula is C18H19N5O4S. The highest BCUT2D eigenvalue weighted by Gasteiger charge is 2.14. The molecule has 10 heteroatoms. The highest BCUT2D eigenvalue weighted by atomic mass is 32.1. The predicted octanol–water partition coefficient (Wildman–Crippen LogP) is 4.20. The van der Waals surface area contributed by atoms with Gasteiger partial charge in [-0.15, -0.1) is 0 Å². The molecule has 0 aliphatic carbocycles. The second-order valence-corrected chi connectivity index (χ2v) is 7.38. The number of aromatic nitrogens is 3. The summed E-state index contributed by atoms with van der Waals surface area (Å²) in [6.07, 6.45) is 1.32. The number of nitro groups is 1. The van der Waals surface area contributed by atoms with Gasteiger partial charge in [0.1, 0.15) is 17.3 Å². The molecule has 0 bridgehead atoms. The third-order valence-electron chi connectivity index (χ3n) is 3.90. The zero-order valence-electron chi connectivity index (χ0n) is 15.6. The van der Waals surface area contributed by atoms with Crippen LogP contribution in [-0.4, -0.2) is 26.0 Å². The molecule has 28 heavy (non-hydrogen) atoms. The summed E-state index contributed by atoms with van der Waals surface area (Å²) >= 11 is 5.16. The molecule has 1 aromatic carbocycles. The number of hydrogen-bond acceptors (Lipinski definition) is 7. The lowest BCUT2D eigenvalue weighted by Crippen LogP contribution is -2.10. The van der Waals surface area contributed by atoms with Gasteiger partial charge >= 0.3 is 5.88 Å². The van der Waals surface area contributed by atoms with Crippen molar-refractivity contribution in [3.8, 4) is 5.75 Å². The summed E-state index contributed by atoms with van der Waals surface area (Å²) in [6, 6.07) is 10.5. The summed E-state index contributed by atoms with van der Waals surface area (Å²) in [7, 11) is 0. The van der Waals surface area contributed by atoms with Gasteiger partial charge in [-0.2, -0.15) is 14.9 Å². The molecule has 0 spiro atoms. The minimum Gasteiger partial charge on any atom is -0.486 e. The van der Waals surface area contributed by atoms with Crippen LogP contribution in [0.15, 0.2) is 45.9 Å². The van der Waals surface area contributed by atoms with Crippen LogP contribution in [0.25, 0.3) is 0 Å². The van der Waals surface area contributed by atoms with Crippen LogP contribution < -0.4 is 4.74 Å². The van der Waals surface area contributed by atoms with E-state index in [4.69, 9.17) is 21.4 Å². The first-order valence-corrected chi connectivity index (χ1v) is 8.83. The van der Waals surface area contributed by atoms with Crippen molar-refractivity contribution in [1.82, 2.24) is 14.9 Å². The third kappa shape index (κ3) is 4.52. The van der Waals surface area contributed by atoms with Gasteiger partial charge in [-0.25, -0.2) is 5.10 Å². The molecule has 0 saturated carbocycles. The van der Waals surface area contributed by atoms with Crippen molar-refractivity contribution in [2.45, 2.75) is 32.8 Å². The maximum atomic E-state index is 10.7. The zero-order chi connectivity index (χ0) is 20.3. The van der Waals surface area contributed by atoms with Gasteiger partial charge < -0.3 is 9.15 Å². The summed E-state index contributed by atoms with van der Waals surface area (Å²) in [5.41, 5.74) is 1.27. The molecule has 1 N–H and O–H groups in total. The molecule has 0 radical (unpaired) electrons. The fourth-order valence-electron chi connectivity index (χ4n) is 2.36. The molecule has 0 amide bonds. The van der Waals surface area contributed by atoms with Crippen molar-refractivity contribution < 1.29 is 14.1 Å². The number of nitrogens with one attached hydrogen (secondary N) is 1. The first-order valence-electron chi connectivity index (χ1n) is 8.42. The first-order chi connectivity index (χ1) is 13.2. The van der Waals surface area contributed by atoms with Crippen molar-refractivity contribution in [2.24, 2.45) is 5.10 Å². The van der Waals surface area contributed by atoms with Gasteiger partial charge in [-0.3, -0.25) is 10.1 Å². The van der Waals surface area contributed by atoms with E-state index in [9.17, 15) is 10.1 Å². The Morgan fingerprint density at radius 1 is 1.32 bits per heavy atom. The lowest BCUT2D eigenvalue weighted by atomic mass is 9.87. The van der Waals surface area contributed by atoms with Gasteiger partial charge in [0.25, 0.3) is 0 Å². The molecule has 3 rings (SSSR count). The Morgan fingerprint density at radius 2 is 2.04 bits per heavy atom. The highest BCUT2D eigenvalue weighted by Crippen LogP contribution is 2.24. The molecule has 0 aliphatic heterocycles. The lowest BCUT2D eigenvalue weighted by Gasteiger charge is -2.19. The lowest BCUT2D eigenvalue weighted by molar-refractivity contribution is -0.402. The summed E-state index contributed by atoms with van der Waals surface area (Å²) in [5, 5.41) is 21.6. The van der Waals surface area contributed by atoms with Crippen molar-refractivity contribution >= 4 is 24.3 Å². The van der Waals surface area contributed by atoms with Crippen molar-refractivity contribution in [3.63, 3.8) is 0 Å². The van der Waals surface area contributed by atoms with E-state index in [-0.39, 0.29) is 28.4 Å². The monoisotopic (exact) mass is 401 g/mol. The van der Waals surface area contributed by atoms with Crippen LogP contribution in [0.5, 0.6) is 5.75 Å². The van der Waals surface area contributed by atoms with Crippen molar-refractivity contribution in [3.05, 3.63) is 68.4 Å². The Morgan fingerprint density at radius 3 is 2.64 bits per heavy atom. The Kier molecular flexibility index (Phi) is 5.41. The maximum absolute atomic E-state index is 10.7. The molecule has 9 nitrogen and oxygen atoms in total. The van der Waals surface area contributed by atoms with E-state index in [1.54, 1.807) is 0 Å². The average molecular weight is 401 g/mol. The van der Waals surface area contributed by atoms with E-state index >= 15 is 0 Å². The summed E-state index contributed by atoms with van der Waals surface area (Å²) in [4.78, 5) is 10.0. The molecular weight excluding hydrogens is 382 g/mol. The van der Waals surface area contributed by atoms with Gasteiger partial charge in [-0.05, 0) is 41.4 Å². The van der Waals surface area contributed by atoms with Crippen LogP contribution in [0.1, 0.15) is 37.9 Å². The molecule has 0 unspecified atom stereocenters. The minimum atomic E-state index is -0.620. The summed E-state index contributed by atoms with van der Waals surface area (Å²) in [5.74, 6) is 1.00. The van der Waals surface area contributed by atoms with Crippen molar-refractivity contribution in [1.29, 1.82) is 0 Å². The van der Waals surface area contributed by atoms with E-state index in [2.05, 4.69) is 36.1 Å². The molecule has 2 aromatic heterocycles. The molecule has 3 aromatic rings. The second kappa shape index (κ2) is 7.77. The molecule has 0 fully saturated rings. The van der Waals surface area contributed by atoms with E-state index in [0.717, 1.165) is 0 Å². The number of ether oxygens (including phenoxy) is 1. The van der Waals surface area contributed by atoms with E-state index in [1.807, 2.05) is 24.3 Å². The van der Waals surface area contributed by atoms with Gasteiger partial charge in [0.15, 0.2) is 11.6 Å². The van der Waals surface area contributed by atoms with Crippen LogP contribution >= 0.6 is 12.2 Å². The maximum Gasteiger partial charge on any atom is 0.433 e. The largest absolute Gasteiger partial charge is 0.486 e. The quantitative estimate of drug-likeness (QED) is 0.287. The second-order valence-electron chi connectivity index (χ2n) is 7.00. The minimum absolute atomic E-state index is 0.0661. The van der Waals surface area contributed by atoms with E-state index in [1.165, 1.54) is 28.6 Å². The number of H-pyrrole nitrogens is 1. The Hall–Kier alpha value is -3.27. The number of rotatable bonds is 6. The van der Waals surface area contributed by atoms with Gasteiger partial charge in [0.05, 0.1) is 12.3 Å². The number of hydrogen-bond donors (Lipinski definition) is 1. The normalized spacial score (nSPS) is 11.8. The molecule has 146 valence electrons. The first kappa shape index (κ1) is 19.5. The van der Waals surface area contributed by atoms with Crippen LogP contribution in [0.3, 0.4) is 0 Å². The van der Waals surface area contributed by atoms with E-state index < -0.39 is 4.92 Å². The Bertz CT molecular complexity index is 1060. The SMILES string of the molecule is CC(C)(C)c1ccc(OCc2n[nH]c(=S)n2/N=C\c2ccc([N+](=O)[O-])o2)cc1. The van der Waals surface area contributed by atoms with Crippen LogP contribution in [-0.2, 0) is 12.0 Å². The Balaban J connectivity index is 1.71. The molecule has 0 atom stereocenters. The van der Waals surface area contributed by atoms with Crippen LogP contribution in [0, 0.1) is 14.9 Å². The van der Waals surface area contributed by atoms with Gasteiger partial charge in [0, 0.05) is 0 Å².